The summed E-state index contributed by atoms with van der Waals surface area (Å²) in [6, 6.07) is 0. The Balaban J connectivity index is 0. The minimum absolute atomic E-state index is 0. The van der Waals surface area contributed by atoms with Crippen LogP contribution in [-0.4, -0.2) is 24.5 Å². The number of hydrogen-bond acceptors (Lipinski definition) is 5. The summed E-state index contributed by atoms with van der Waals surface area (Å²) in [5.74, 6) is -2.02. The van der Waals surface area contributed by atoms with E-state index in [0.717, 1.165) is 0 Å². The van der Waals surface area contributed by atoms with Crippen molar-refractivity contribution in [1.29, 1.82) is 0 Å². The van der Waals surface area contributed by atoms with Gasteiger partial charge in [0.25, 0.3) is 0 Å². The lowest BCUT2D eigenvalue weighted by molar-refractivity contribution is -0.159. The summed E-state index contributed by atoms with van der Waals surface area (Å²) < 4.78 is 8.95. The van der Waals surface area contributed by atoms with Crippen molar-refractivity contribution in [3.05, 3.63) is 12.2 Å². The normalized spacial score (nSPS) is 9.20. The molecule has 0 aromatic rings. The lowest BCUT2D eigenvalue weighted by Gasteiger charge is -2.02. The van der Waals surface area contributed by atoms with Crippen LogP contribution in [0.1, 0.15) is 28.1 Å². The quantitative estimate of drug-likeness (QED) is 0.390. The molecular weight excluding hydrogens is 200 g/mol. The monoisotopic (exact) mass is 215 g/mol. The van der Waals surface area contributed by atoms with Gasteiger partial charge in [0.2, 0.25) is 0 Å². The standard InChI is InChI=1S/C10H14O5/c1-4-14-8(11)5-6-9(12)15-10(13)7(2)3/h2,4-6H2,1,3H3/p+1. The van der Waals surface area contributed by atoms with Crippen molar-refractivity contribution in [3.8, 4) is 0 Å². The summed E-state index contributed by atoms with van der Waals surface area (Å²) in [7, 11) is 0. The van der Waals surface area contributed by atoms with Gasteiger partial charge in [0.1, 0.15) is 0 Å². The Morgan fingerprint density at radius 1 is 1.20 bits per heavy atom. The molecule has 84 valence electrons. The Kier molecular flexibility index (Phi) is 6.01. The molecule has 0 aliphatic rings. The van der Waals surface area contributed by atoms with E-state index in [1.165, 1.54) is 6.92 Å². The average Bonchev–Trinajstić information content (AvgIpc) is 2.15. The first-order valence-electron chi connectivity index (χ1n) is 4.53. The summed E-state index contributed by atoms with van der Waals surface area (Å²) in [5.41, 5.74) is 0.138. The smallest absolute Gasteiger partial charge is 0.466 e. The van der Waals surface area contributed by atoms with E-state index >= 15 is 0 Å². The minimum Gasteiger partial charge on any atom is -0.466 e. The molecule has 0 atom stereocenters. The summed E-state index contributed by atoms with van der Waals surface area (Å²) in [6.45, 7) is 6.68. The fourth-order valence-electron chi connectivity index (χ4n) is 0.679. The first-order valence-corrected chi connectivity index (χ1v) is 4.53. The van der Waals surface area contributed by atoms with Gasteiger partial charge < -0.3 is 9.47 Å². The molecule has 0 amide bonds. The molecule has 0 rings (SSSR count). The first kappa shape index (κ1) is 13.4. The number of esters is 3. The molecule has 5 heteroatoms. The zero-order valence-electron chi connectivity index (χ0n) is 9.87. The Labute approximate surface area is 89.5 Å². The van der Waals surface area contributed by atoms with Crippen LogP contribution in [-0.2, 0) is 23.9 Å². The second-order valence-corrected chi connectivity index (χ2v) is 2.85. The molecule has 0 fully saturated rings. The highest BCUT2D eigenvalue weighted by Gasteiger charge is 2.13. The molecule has 0 aliphatic carbocycles. The van der Waals surface area contributed by atoms with E-state index in [2.05, 4.69) is 16.1 Å². The highest BCUT2D eigenvalue weighted by atomic mass is 16.6. The predicted molar refractivity (Wildman–Crippen MR) is 52.9 cm³/mol. The second kappa shape index (κ2) is 6.75. The lowest BCUT2D eigenvalue weighted by Crippen LogP contribution is -2.14. The fourth-order valence-corrected chi connectivity index (χ4v) is 0.679. The van der Waals surface area contributed by atoms with Crippen LogP contribution in [0.5, 0.6) is 0 Å². The minimum atomic E-state index is -0.774. The molecule has 0 bridgehead atoms. The summed E-state index contributed by atoms with van der Waals surface area (Å²) in [4.78, 5) is 32.7. The van der Waals surface area contributed by atoms with Crippen LogP contribution in [0.15, 0.2) is 12.2 Å². The maximum Gasteiger partial charge on any atom is 1.00 e. The maximum absolute atomic E-state index is 11.0. The molecule has 0 aliphatic heterocycles. The maximum atomic E-state index is 11.0. The van der Waals surface area contributed by atoms with Gasteiger partial charge in [0, 0.05) is 5.57 Å². The first-order chi connectivity index (χ1) is 6.97. The van der Waals surface area contributed by atoms with E-state index in [1.54, 1.807) is 6.92 Å². The van der Waals surface area contributed by atoms with Crippen LogP contribution in [0.3, 0.4) is 0 Å². The predicted octanol–water partition coefficient (Wildman–Crippen LogP) is 1.09. The summed E-state index contributed by atoms with van der Waals surface area (Å²) in [5, 5.41) is 0. The average molecular weight is 215 g/mol. The molecule has 0 saturated heterocycles. The number of hydrogen-bond donors (Lipinski definition) is 0. The Morgan fingerprint density at radius 3 is 2.20 bits per heavy atom. The van der Waals surface area contributed by atoms with Crippen LogP contribution >= 0.6 is 0 Å². The molecule has 0 unspecified atom stereocenters. The molecular formula is C10H15O5+. The summed E-state index contributed by atoms with van der Waals surface area (Å²) >= 11 is 0. The van der Waals surface area contributed by atoms with Crippen molar-refractivity contribution in [2.45, 2.75) is 26.7 Å². The number of carbonyl (C=O) groups excluding carboxylic acids is 3. The van der Waals surface area contributed by atoms with Gasteiger partial charge in [-0.2, -0.15) is 0 Å². The van der Waals surface area contributed by atoms with Crippen LogP contribution in [0.25, 0.3) is 0 Å². The van der Waals surface area contributed by atoms with E-state index in [0.29, 0.717) is 0 Å². The Bertz CT molecular complexity index is 285. The van der Waals surface area contributed by atoms with E-state index in [9.17, 15) is 14.4 Å². The topological polar surface area (TPSA) is 69.7 Å². The SMILES string of the molecule is C=C(C)C(=O)OC(=O)CCC(=O)OCC.[H+]. The molecule has 5 nitrogen and oxygen atoms in total. The number of ether oxygens (including phenoxy) is 2. The van der Waals surface area contributed by atoms with Gasteiger partial charge in [0.05, 0.1) is 19.4 Å². The lowest BCUT2D eigenvalue weighted by atomic mass is 10.3. The molecule has 0 radical (unpaired) electrons. The van der Waals surface area contributed by atoms with Crippen molar-refractivity contribution in [1.82, 2.24) is 0 Å². The fraction of sp³-hybridized carbons (Fsp3) is 0.500. The van der Waals surface area contributed by atoms with E-state index in [4.69, 9.17) is 0 Å². The molecule has 0 aromatic carbocycles. The Morgan fingerprint density at radius 2 is 1.73 bits per heavy atom. The summed E-state index contributed by atoms with van der Waals surface area (Å²) in [6.07, 6.45) is -0.256. The van der Waals surface area contributed by atoms with Crippen molar-refractivity contribution < 1.29 is 25.3 Å². The van der Waals surface area contributed by atoms with E-state index in [1.807, 2.05) is 0 Å². The molecule has 0 N–H and O–H groups in total. The van der Waals surface area contributed by atoms with Crippen molar-refractivity contribution in [2.24, 2.45) is 0 Å². The molecule has 0 heterocycles. The second-order valence-electron chi connectivity index (χ2n) is 2.85. The number of carbonyl (C=O) groups is 3. The van der Waals surface area contributed by atoms with Crippen molar-refractivity contribution in [2.75, 3.05) is 6.61 Å². The van der Waals surface area contributed by atoms with Crippen LogP contribution in [0.4, 0.5) is 0 Å². The van der Waals surface area contributed by atoms with Crippen LogP contribution < -0.4 is 0 Å². The highest BCUT2D eigenvalue weighted by molar-refractivity contribution is 5.95. The zero-order chi connectivity index (χ0) is 11.8. The molecule has 15 heavy (non-hydrogen) atoms. The van der Waals surface area contributed by atoms with Crippen molar-refractivity contribution in [3.63, 3.8) is 0 Å². The van der Waals surface area contributed by atoms with Gasteiger partial charge in [-0.15, -0.1) is 0 Å². The third kappa shape index (κ3) is 6.42. The van der Waals surface area contributed by atoms with Gasteiger partial charge >= 0.3 is 19.3 Å². The highest BCUT2D eigenvalue weighted by Crippen LogP contribution is 1.99. The molecule has 0 aromatic heterocycles. The van der Waals surface area contributed by atoms with Gasteiger partial charge in [-0.3, -0.25) is 9.59 Å². The molecule has 0 saturated carbocycles. The van der Waals surface area contributed by atoms with Crippen LogP contribution in [0, 0.1) is 0 Å². The van der Waals surface area contributed by atoms with Crippen molar-refractivity contribution >= 4 is 17.9 Å². The zero-order valence-corrected chi connectivity index (χ0v) is 8.87. The largest absolute Gasteiger partial charge is 1.00 e. The Hall–Kier alpha value is -1.65. The van der Waals surface area contributed by atoms with Gasteiger partial charge in [0.15, 0.2) is 0 Å². The third-order valence-electron chi connectivity index (χ3n) is 1.39. The van der Waals surface area contributed by atoms with E-state index in [-0.39, 0.29) is 26.4 Å². The number of rotatable bonds is 5. The third-order valence-corrected chi connectivity index (χ3v) is 1.39. The van der Waals surface area contributed by atoms with Gasteiger partial charge in [-0.1, -0.05) is 6.58 Å². The van der Waals surface area contributed by atoms with Crippen LogP contribution in [0.2, 0.25) is 0 Å². The van der Waals surface area contributed by atoms with Gasteiger partial charge in [-0.05, 0) is 13.8 Å². The molecule has 0 spiro atoms. The van der Waals surface area contributed by atoms with E-state index < -0.39 is 17.9 Å². The van der Waals surface area contributed by atoms with Gasteiger partial charge in [-0.25, -0.2) is 4.79 Å².